The second kappa shape index (κ2) is 13.5. The molecular weight excluding hydrogens is 555 g/mol. The molecule has 2 aromatic rings. The van der Waals surface area contributed by atoms with Crippen molar-refractivity contribution in [2.75, 3.05) is 19.7 Å². The number of fused-ring (bicyclic) bond motifs is 1. The van der Waals surface area contributed by atoms with E-state index in [9.17, 15) is 22.8 Å². The first-order valence-electron chi connectivity index (χ1n) is 13.9. The lowest BCUT2D eigenvalue weighted by Gasteiger charge is -2.33. The van der Waals surface area contributed by atoms with Gasteiger partial charge in [-0.2, -0.15) is 13.2 Å². The number of carbonyl (C=O) groups is 2. The molecule has 0 atom stereocenters. The Labute approximate surface area is 242 Å². The summed E-state index contributed by atoms with van der Waals surface area (Å²) in [6.45, 7) is 6.25. The molecule has 1 heterocycles. The Balaban J connectivity index is 1.20. The van der Waals surface area contributed by atoms with E-state index < -0.39 is 23.2 Å². The fraction of sp³-hybridized carbons (Fsp3) is 0.500. The summed E-state index contributed by atoms with van der Waals surface area (Å²) in [6.07, 6.45) is -1.44. The third-order valence-corrected chi connectivity index (χ3v) is 6.74. The summed E-state index contributed by atoms with van der Waals surface area (Å²) in [7, 11) is 0. The van der Waals surface area contributed by atoms with Crippen molar-refractivity contribution in [3.8, 4) is 5.75 Å². The number of benzene rings is 2. The van der Waals surface area contributed by atoms with E-state index in [-0.39, 0.29) is 25.4 Å². The van der Waals surface area contributed by atoms with E-state index in [0.29, 0.717) is 43.7 Å². The average Bonchev–Trinajstić information content (AvgIpc) is 2.94. The number of hydroxylamine groups is 1. The van der Waals surface area contributed by atoms with Gasteiger partial charge in [0.25, 0.3) is 5.91 Å². The molecule has 0 aromatic heterocycles. The maximum Gasteiger partial charge on any atom is 0.416 e. The van der Waals surface area contributed by atoms with E-state index in [1.807, 2.05) is 32.9 Å². The highest BCUT2D eigenvalue weighted by atomic mass is 19.4. The van der Waals surface area contributed by atoms with E-state index in [0.717, 1.165) is 41.8 Å². The first kappa shape index (κ1) is 31.1. The highest BCUT2D eigenvalue weighted by Gasteiger charge is 2.30. The molecule has 2 amide bonds. The van der Waals surface area contributed by atoms with Crippen molar-refractivity contribution >= 4 is 17.7 Å². The molecule has 9 nitrogen and oxygen atoms in total. The normalized spacial score (nSPS) is 17.0. The highest BCUT2D eigenvalue weighted by Crippen LogP contribution is 2.29. The van der Waals surface area contributed by atoms with Gasteiger partial charge in [0.2, 0.25) is 0 Å². The molecule has 228 valence electrons. The molecule has 0 radical (unpaired) electrons. The number of carbonyl (C=O) groups excluding carboxylic acids is 2. The van der Waals surface area contributed by atoms with Gasteiger partial charge >= 0.3 is 12.3 Å². The van der Waals surface area contributed by atoms with Crippen LogP contribution in [-0.2, 0) is 38.4 Å². The standard InChI is InChI=1S/C30H36F3N3O6/c1-29(2,3)41-28(38)36-15-13-23(14-16-36)42-35-27(37)19-39-24-11-12-25-21(17-24)5-4-6-26(25)34-40-18-20-7-9-22(10-8-20)30(31,32)33/h7-12,17,23H,4-6,13-16,18-19H2,1-3H3,(H,35,37). The van der Waals surface area contributed by atoms with Crippen molar-refractivity contribution in [1.29, 1.82) is 0 Å². The molecule has 2 aliphatic rings. The Morgan fingerprint density at radius 3 is 2.40 bits per heavy atom. The van der Waals surface area contributed by atoms with Crippen molar-refractivity contribution in [3.63, 3.8) is 0 Å². The first-order chi connectivity index (χ1) is 19.9. The summed E-state index contributed by atoms with van der Waals surface area (Å²) in [5.41, 5.74) is 4.41. The molecule has 1 fully saturated rings. The van der Waals surface area contributed by atoms with Crippen molar-refractivity contribution in [2.24, 2.45) is 5.16 Å². The van der Waals surface area contributed by atoms with Gasteiger partial charge in [0.1, 0.15) is 18.0 Å². The zero-order valence-electron chi connectivity index (χ0n) is 24.0. The summed E-state index contributed by atoms with van der Waals surface area (Å²) in [4.78, 5) is 37.1. The molecule has 1 aliphatic carbocycles. The van der Waals surface area contributed by atoms with E-state index >= 15 is 0 Å². The van der Waals surface area contributed by atoms with Crippen molar-refractivity contribution in [2.45, 2.75) is 77.4 Å². The van der Waals surface area contributed by atoms with Gasteiger partial charge in [0, 0.05) is 18.7 Å². The topological polar surface area (TPSA) is 98.7 Å². The smallest absolute Gasteiger partial charge is 0.416 e. The van der Waals surface area contributed by atoms with Crippen LogP contribution in [0.25, 0.3) is 0 Å². The number of oxime groups is 1. The zero-order valence-corrected chi connectivity index (χ0v) is 24.0. The van der Waals surface area contributed by atoms with Crippen molar-refractivity contribution < 1.29 is 41.9 Å². The van der Waals surface area contributed by atoms with Crippen LogP contribution in [0.4, 0.5) is 18.0 Å². The molecule has 12 heteroatoms. The van der Waals surface area contributed by atoms with E-state index in [1.165, 1.54) is 12.1 Å². The lowest BCUT2D eigenvalue weighted by atomic mass is 9.90. The lowest BCUT2D eigenvalue weighted by Crippen LogP contribution is -2.45. The van der Waals surface area contributed by atoms with Gasteiger partial charge in [-0.3, -0.25) is 9.63 Å². The Bertz CT molecular complexity index is 1270. The molecule has 2 aromatic carbocycles. The van der Waals surface area contributed by atoms with Crippen LogP contribution in [-0.4, -0.2) is 54.0 Å². The van der Waals surface area contributed by atoms with Crippen LogP contribution < -0.4 is 10.2 Å². The van der Waals surface area contributed by atoms with Crippen molar-refractivity contribution in [1.82, 2.24) is 10.4 Å². The van der Waals surface area contributed by atoms with E-state index in [1.54, 1.807) is 11.0 Å². The number of rotatable bonds is 8. The van der Waals surface area contributed by atoms with E-state index in [4.69, 9.17) is 19.1 Å². The van der Waals surface area contributed by atoms with Crippen LogP contribution in [0.1, 0.15) is 68.7 Å². The van der Waals surface area contributed by atoms with Gasteiger partial charge in [0.15, 0.2) is 6.61 Å². The van der Waals surface area contributed by atoms with Gasteiger partial charge in [0.05, 0.1) is 17.4 Å². The summed E-state index contributed by atoms with van der Waals surface area (Å²) in [6, 6.07) is 10.3. The molecular formula is C30H36F3N3O6. The number of aryl methyl sites for hydroxylation is 1. The van der Waals surface area contributed by atoms with Gasteiger partial charge in [-0.1, -0.05) is 17.3 Å². The maximum atomic E-state index is 12.7. The van der Waals surface area contributed by atoms with Crippen LogP contribution in [0.15, 0.2) is 47.6 Å². The number of alkyl halides is 3. The van der Waals surface area contributed by atoms with E-state index in [2.05, 4.69) is 10.6 Å². The fourth-order valence-corrected chi connectivity index (χ4v) is 4.61. The number of piperidine rings is 1. The quantitative estimate of drug-likeness (QED) is 0.391. The van der Waals surface area contributed by atoms with Gasteiger partial charge in [-0.05, 0) is 94.3 Å². The average molecular weight is 592 g/mol. The second-order valence-corrected chi connectivity index (χ2v) is 11.3. The third-order valence-electron chi connectivity index (χ3n) is 6.74. The zero-order chi connectivity index (χ0) is 30.3. The third kappa shape index (κ3) is 9.10. The summed E-state index contributed by atoms with van der Waals surface area (Å²) < 4.78 is 49.3. The number of nitrogens with one attached hydrogen (secondary N) is 1. The van der Waals surface area contributed by atoms with Crippen molar-refractivity contribution in [3.05, 3.63) is 64.7 Å². The molecule has 0 spiro atoms. The minimum Gasteiger partial charge on any atom is -0.484 e. The Morgan fingerprint density at radius 2 is 1.74 bits per heavy atom. The number of halogens is 3. The Kier molecular flexibility index (Phi) is 9.97. The number of hydrogen-bond acceptors (Lipinski definition) is 7. The SMILES string of the molecule is CC(C)(C)OC(=O)N1CCC(ONC(=O)COc2ccc3c(c2)CCCC3=NOCc2ccc(C(F)(F)F)cc2)CC1. The number of ether oxygens (including phenoxy) is 2. The largest absolute Gasteiger partial charge is 0.484 e. The number of hydrogen-bond donors (Lipinski definition) is 1. The summed E-state index contributed by atoms with van der Waals surface area (Å²) in [5.74, 6) is 0.0997. The lowest BCUT2D eigenvalue weighted by molar-refractivity contribution is -0.143. The van der Waals surface area contributed by atoms with Crippen LogP contribution in [0.5, 0.6) is 5.75 Å². The molecule has 1 aliphatic heterocycles. The first-order valence-corrected chi connectivity index (χ1v) is 13.9. The molecule has 0 bridgehead atoms. The fourth-order valence-electron chi connectivity index (χ4n) is 4.61. The van der Waals surface area contributed by atoms with Crippen LogP contribution >= 0.6 is 0 Å². The monoisotopic (exact) mass is 591 g/mol. The minimum atomic E-state index is -4.38. The highest BCUT2D eigenvalue weighted by molar-refractivity contribution is 6.02. The molecule has 0 unspecified atom stereocenters. The maximum absolute atomic E-state index is 12.7. The van der Waals surface area contributed by atoms with Gasteiger partial charge < -0.3 is 19.2 Å². The Morgan fingerprint density at radius 1 is 1.02 bits per heavy atom. The predicted molar refractivity (Wildman–Crippen MR) is 148 cm³/mol. The number of nitrogens with zero attached hydrogens (tertiary/aromatic N) is 2. The molecule has 4 rings (SSSR count). The van der Waals surface area contributed by atoms with Crippen LogP contribution in [0.2, 0.25) is 0 Å². The van der Waals surface area contributed by atoms with Crippen LogP contribution in [0, 0.1) is 0 Å². The van der Waals surface area contributed by atoms with Crippen LogP contribution in [0.3, 0.4) is 0 Å². The predicted octanol–water partition coefficient (Wildman–Crippen LogP) is 5.79. The summed E-state index contributed by atoms with van der Waals surface area (Å²) >= 11 is 0. The molecule has 0 saturated carbocycles. The van der Waals surface area contributed by atoms with Gasteiger partial charge in [-0.15, -0.1) is 0 Å². The summed E-state index contributed by atoms with van der Waals surface area (Å²) in [5, 5.41) is 4.24. The van der Waals surface area contributed by atoms with Gasteiger partial charge in [-0.25, -0.2) is 10.3 Å². The Hall–Kier alpha value is -3.80. The number of amides is 2. The number of likely N-dealkylation sites (tertiary alicyclic amines) is 1. The molecule has 42 heavy (non-hydrogen) atoms. The molecule has 1 saturated heterocycles. The minimum absolute atomic E-state index is 0.0538. The second-order valence-electron chi connectivity index (χ2n) is 11.3. The molecule has 1 N–H and O–H groups in total.